The van der Waals surface area contributed by atoms with Crippen LogP contribution in [0.4, 0.5) is 27.5 Å². The van der Waals surface area contributed by atoms with Gasteiger partial charge in [-0.1, -0.05) is 23.7 Å². The summed E-state index contributed by atoms with van der Waals surface area (Å²) >= 11 is 5.75. The largest absolute Gasteiger partial charge is 0.339 e. The molecule has 0 atom stereocenters. The average molecular weight is 330 g/mol. The first-order chi connectivity index (χ1) is 11.1. The van der Waals surface area contributed by atoms with E-state index >= 15 is 0 Å². The molecule has 0 aliphatic heterocycles. The summed E-state index contributed by atoms with van der Waals surface area (Å²) in [7, 11) is 0. The van der Waals surface area contributed by atoms with E-state index in [0.717, 1.165) is 11.3 Å². The first kappa shape index (κ1) is 15.2. The molecule has 116 valence electrons. The highest BCUT2D eigenvalue weighted by atomic mass is 35.5. The number of benzene rings is 2. The number of rotatable bonds is 4. The Morgan fingerprint density at radius 1 is 1.04 bits per heavy atom. The quantitative estimate of drug-likeness (QED) is 0.740. The SMILES string of the molecule is Cc1cccc(Nc2cnnc(Nc3ccc(F)c(Cl)c3)n2)c1. The van der Waals surface area contributed by atoms with Crippen LogP contribution in [0.15, 0.2) is 48.7 Å². The molecule has 0 unspecified atom stereocenters. The molecule has 2 N–H and O–H groups in total. The van der Waals surface area contributed by atoms with Crippen molar-refractivity contribution in [2.45, 2.75) is 6.92 Å². The van der Waals surface area contributed by atoms with Crippen LogP contribution in [0.1, 0.15) is 5.56 Å². The van der Waals surface area contributed by atoms with Crippen LogP contribution >= 0.6 is 11.6 Å². The Hall–Kier alpha value is -2.73. The summed E-state index contributed by atoms with van der Waals surface area (Å²) in [6.07, 6.45) is 1.52. The minimum Gasteiger partial charge on any atom is -0.339 e. The highest BCUT2D eigenvalue weighted by molar-refractivity contribution is 6.31. The molecule has 0 spiro atoms. The van der Waals surface area contributed by atoms with Crippen molar-refractivity contribution >= 4 is 34.7 Å². The second kappa shape index (κ2) is 6.58. The summed E-state index contributed by atoms with van der Waals surface area (Å²) in [6.45, 7) is 2.01. The van der Waals surface area contributed by atoms with Crippen molar-refractivity contribution in [2.24, 2.45) is 0 Å². The van der Waals surface area contributed by atoms with Gasteiger partial charge in [0.2, 0.25) is 5.95 Å². The van der Waals surface area contributed by atoms with Crippen molar-refractivity contribution in [3.63, 3.8) is 0 Å². The zero-order valence-corrected chi connectivity index (χ0v) is 13.0. The molecule has 0 saturated heterocycles. The van der Waals surface area contributed by atoms with Crippen molar-refractivity contribution in [3.05, 3.63) is 65.1 Å². The predicted octanol–water partition coefficient (Wildman–Crippen LogP) is 4.46. The number of hydrogen-bond donors (Lipinski definition) is 2. The van der Waals surface area contributed by atoms with E-state index < -0.39 is 5.82 Å². The number of aryl methyl sites for hydroxylation is 1. The third kappa shape index (κ3) is 3.92. The van der Waals surface area contributed by atoms with Gasteiger partial charge in [0.15, 0.2) is 5.82 Å². The second-order valence-corrected chi connectivity index (χ2v) is 5.32. The molecule has 2 aromatic carbocycles. The number of nitrogens with one attached hydrogen (secondary N) is 2. The van der Waals surface area contributed by atoms with Crippen molar-refractivity contribution in [1.29, 1.82) is 0 Å². The highest BCUT2D eigenvalue weighted by Crippen LogP contribution is 2.22. The molecule has 23 heavy (non-hydrogen) atoms. The minimum atomic E-state index is -0.480. The maximum atomic E-state index is 13.2. The molecule has 0 radical (unpaired) electrons. The predicted molar refractivity (Wildman–Crippen MR) is 89.0 cm³/mol. The monoisotopic (exact) mass is 329 g/mol. The van der Waals surface area contributed by atoms with E-state index in [1.54, 1.807) is 6.07 Å². The average Bonchev–Trinajstić information content (AvgIpc) is 2.51. The lowest BCUT2D eigenvalue weighted by Gasteiger charge is -2.08. The van der Waals surface area contributed by atoms with Gasteiger partial charge in [-0.2, -0.15) is 10.1 Å². The van der Waals surface area contributed by atoms with Crippen LogP contribution in [-0.2, 0) is 0 Å². The van der Waals surface area contributed by atoms with Crippen molar-refractivity contribution in [1.82, 2.24) is 15.2 Å². The Morgan fingerprint density at radius 3 is 2.65 bits per heavy atom. The van der Waals surface area contributed by atoms with Crippen LogP contribution in [0.5, 0.6) is 0 Å². The standard InChI is InChI=1S/C16H13ClFN5/c1-10-3-2-4-11(7-10)20-15-9-19-23-16(22-15)21-12-5-6-14(18)13(17)8-12/h2-9H,1H3,(H2,20,21,22,23). The molecule has 7 heteroatoms. The number of halogens is 2. The topological polar surface area (TPSA) is 62.7 Å². The molecule has 0 amide bonds. The van der Waals surface area contributed by atoms with Gasteiger partial charge in [0.1, 0.15) is 5.82 Å². The lowest BCUT2D eigenvalue weighted by atomic mass is 10.2. The lowest BCUT2D eigenvalue weighted by molar-refractivity contribution is 0.628. The molecule has 0 aliphatic rings. The van der Waals surface area contributed by atoms with Gasteiger partial charge in [0.05, 0.1) is 11.2 Å². The van der Waals surface area contributed by atoms with E-state index in [0.29, 0.717) is 11.5 Å². The smallest absolute Gasteiger partial charge is 0.249 e. The van der Waals surface area contributed by atoms with Gasteiger partial charge in [0, 0.05) is 11.4 Å². The fraction of sp³-hybridized carbons (Fsp3) is 0.0625. The molecule has 1 aromatic heterocycles. The first-order valence-electron chi connectivity index (χ1n) is 6.86. The van der Waals surface area contributed by atoms with Gasteiger partial charge in [0.25, 0.3) is 0 Å². The van der Waals surface area contributed by atoms with Gasteiger partial charge >= 0.3 is 0 Å². The van der Waals surface area contributed by atoms with Crippen LogP contribution in [0.2, 0.25) is 5.02 Å². The molecular weight excluding hydrogens is 317 g/mol. The maximum Gasteiger partial charge on any atom is 0.249 e. The summed E-state index contributed by atoms with van der Waals surface area (Å²) < 4.78 is 13.2. The minimum absolute atomic E-state index is 0.0250. The number of nitrogens with zero attached hydrogens (tertiary/aromatic N) is 3. The molecular formula is C16H13ClFN5. The first-order valence-corrected chi connectivity index (χ1v) is 7.23. The van der Waals surface area contributed by atoms with Crippen LogP contribution in [0, 0.1) is 12.7 Å². The van der Waals surface area contributed by atoms with Gasteiger partial charge in [-0.05, 0) is 42.8 Å². The fourth-order valence-electron chi connectivity index (χ4n) is 1.99. The normalized spacial score (nSPS) is 10.4. The number of aromatic nitrogens is 3. The van der Waals surface area contributed by atoms with E-state index in [1.165, 1.54) is 18.3 Å². The molecule has 3 rings (SSSR count). The van der Waals surface area contributed by atoms with Gasteiger partial charge in [-0.25, -0.2) is 4.39 Å². The van der Waals surface area contributed by atoms with Gasteiger partial charge in [-0.15, -0.1) is 5.10 Å². The van der Waals surface area contributed by atoms with E-state index in [2.05, 4.69) is 25.8 Å². The van der Waals surface area contributed by atoms with Crippen LogP contribution < -0.4 is 10.6 Å². The number of hydrogen-bond acceptors (Lipinski definition) is 5. The van der Waals surface area contributed by atoms with Gasteiger partial charge in [-0.3, -0.25) is 0 Å². The molecule has 0 aliphatic carbocycles. The van der Waals surface area contributed by atoms with Crippen LogP contribution in [-0.4, -0.2) is 15.2 Å². The molecule has 0 fully saturated rings. The summed E-state index contributed by atoms with van der Waals surface area (Å²) in [6, 6.07) is 12.2. The Morgan fingerprint density at radius 2 is 1.87 bits per heavy atom. The van der Waals surface area contributed by atoms with E-state index in [4.69, 9.17) is 11.6 Å². The molecule has 3 aromatic rings. The summed E-state index contributed by atoms with van der Waals surface area (Å²) in [5.41, 5.74) is 2.61. The summed E-state index contributed by atoms with van der Waals surface area (Å²) in [5.74, 6) is 0.345. The van der Waals surface area contributed by atoms with Crippen LogP contribution in [0.25, 0.3) is 0 Å². The van der Waals surface area contributed by atoms with Crippen molar-refractivity contribution in [3.8, 4) is 0 Å². The molecule has 5 nitrogen and oxygen atoms in total. The summed E-state index contributed by atoms with van der Waals surface area (Å²) in [4.78, 5) is 4.31. The molecule has 1 heterocycles. The zero-order chi connectivity index (χ0) is 16.2. The Labute approximate surface area is 137 Å². The zero-order valence-electron chi connectivity index (χ0n) is 12.2. The Bertz CT molecular complexity index is 840. The highest BCUT2D eigenvalue weighted by Gasteiger charge is 2.05. The van der Waals surface area contributed by atoms with Crippen LogP contribution in [0.3, 0.4) is 0 Å². The second-order valence-electron chi connectivity index (χ2n) is 4.91. The number of anilines is 4. The van der Waals surface area contributed by atoms with Crippen molar-refractivity contribution in [2.75, 3.05) is 10.6 Å². The third-order valence-corrected chi connectivity index (χ3v) is 3.31. The Kier molecular flexibility index (Phi) is 4.34. The maximum absolute atomic E-state index is 13.2. The van der Waals surface area contributed by atoms with Crippen molar-refractivity contribution < 1.29 is 4.39 Å². The van der Waals surface area contributed by atoms with E-state index in [1.807, 2.05) is 31.2 Å². The Balaban J connectivity index is 1.78. The lowest BCUT2D eigenvalue weighted by Crippen LogP contribution is -2.02. The van der Waals surface area contributed by atoms with Gasteiger partial charge < -0.3 is 10.6 Å². The van der Waals surface area contributed by atoms with E-state index in [-0.39, 0.29) is 11.0 Å². The third-order valence-electron chi connectivity index (χ3n) is 3.03. The molecule has 0 saturated carbocycles. The fourth-order valence-corrected chi connectivity index (χ4v) is 2.17. The molecule has 0 bridgehead atoms. The van der Waals surface area contributed by atoms with E-state index in [9.17, 15) is 4.39 Å². The summed E-state index contributed by atoms with van der Waals surface area (Å²) in [5, 5.41) is 13.9.